The van der Waals surface area contributed by atoms with Crippen LogP contribution in [0.15, 0.2) is 65.6 Å². The van der Waals surface area contributed by atoms with Crippen molar-refractivity contribution in [2.24, 2.45) is 0 Å². The molecular formula is C26H29FN4O4. The number of hydrogen-bond acceptors (Lipinski definition) is 6. The van der Waals surface area contributed by atoms with E-state index in [-0.39, 0.29) is 29.4 Å². The van der Waals surface area contributed by atoms with Crippen LogP contribution in [0, 0.1) is 5.82 Å². The van der Waals surface area contributed by atoms with Gasteiger partial charge in [-0.1, -0.05) is 6.07 Å². The average Bonchev–Trinajstić information content (AvgIpc) is 2.86. The van der Waals surface area contributed by atoms with E-state index in [1.165, 1.54) is 25.3 Å². The molecule has 1 fully saturated rings. The van der Waals surface area contributed by atoms with E-state index in [2.05, 4.69) is 15.1 Å². The van der Waals surface area contributed by atoms with E-state index in [9.17, 15) is 14.0 Å². The second-order valence-corrected chi connectivity index (χ2v) is 8.35. The van der Waals surface area contributed by atoms with Crippen LogP contribution in [0.4, 0.5) is 15.8 Å². The number of carbonyl (C=O) groups excluding carboxylic acids is 1. The summed E-state index contributed by atoms with van der Waals surface area (Å²) in [5.41, 5.74) is 2.12. The lowest BCUT2D eigenvalue weighted by molar-refractivity contribution is -0.116. The first-order valence-electron chi connectivity index (χ1n) is 11.4. The van der Waals surface area contributed by atoms with Gasteiger partial charge in [-0.15, -0.1) is 0 Å². The average molecular weight is 481 g/mol. The second kappa shape index (κ2) is 11.1. The van der Waals surface area contributed by atoms with E-state index < -0.39 is 0 Å². The van der Waals surface area contributed by atoms with E-state index in [0.717, 1.165) is 37.6 Å². The Bertz CT molecular complexity index is 1220. The standard InChI is InChI=1S/C26H29FN4O4/c1-34-23-5-3-4-20(14-23)28-26(33)18-31-17-25(35-2)24(32)15-22(31)16-29-10-12-30(13-11-29)21-8-6-19(27)7-9-21/h3-9,14-15,17H,10-13,16,18H2,1-2H3,(H,28,33). The highest BCUT2D eigenvalue weighted by Crippen LogP contribution is 2.19. The molecule has 0 spiro atoms. The topological polar surface area (TPSA) is 76.0 Å². The van der Waals surface area contributed by atoms with Gasteiger partial charge in [0.1, 0.15) is 18.1 Å². The van der Waals surface area contributed by atoms with E-state index in [1.54, 1.807) is 54.3 Å². The molecule has 1 amide bonds. The van der Waals surface area contributed by atoms with Crippen molar-refractivity contribution in [3.63, 3.8) is 0 Å². The fourth-order valence-electron chi connectivity index (χ4n) is 4.13. The van der Waals surface area contributed by atoms with Gasteiger partial charge >= 0.3 is 0 Å². The van der Waals surface area contributed by atoms with Gasteiger partial charge in [-0.2, -0.15) is 0 Å². The zero-order chi connectivity index (χ0) is 24.8. The minimum absolute atomic E-state index is 0.0265. The molecule has 0 aliphatic carbocycles. The molecule has 0 atom stereocenters. The Kier molecular flexibility index (Phi) is 7.67. The van der Waals surface area contributed by atoms with Crippen molar-refractivity contribution in [2.75, 3.05) is 50.6 Å². The molecule has 3 aromatic rings. The number of aromatic nitrogens is 1. The summed E-state index contributed by atoms with van der Waals surface area (Å²) in [5, 5.41) is 2.87. The number of methoxy groups -OCH3 is 2. The van der Waals surface area contributed by atoms with Crippen molar-refractivity contribution in [1.82, 2.24) is 9.47 Å². The Morgan fingerprint density at radius 3 is 2.43 bits per heavy atom. The quantitative estimate of drug-likeness (QED) is 0.534. The Labute approximate surface area is 203 Å². The van der Waals surface area contributed by atoms with Gasteiger partial charge in [-0.05, 0) is 36.4 Å². The number of rotatable bonds is 8. The number of carbonyl (C=O) groups is 1. The minimum atomic E-state index is -0.250. The molecule has 0 saturated carbocycles. The largest absolute Gasteiger partial charge is 0.497 e. The van der Waals surface area contributed by atoms with Gasteiger partial charge in [-0.25, -0.2) is 4.39 Å². The predicted octanol–water partition coefficient (Wildman–Crippen LogP) is 2.97. The number of anilines is 2. The zero-order valence-corrected chi connectivity index (χ0v) is 19.9. The third-order valence-corrected chi connectivity index (χ3v) is 6.02. The minimum Gasteiger partial charge on any atom is -0.497 e. The Morgan fingerprint density at radius 2 is 1.74 bits per heavy atom. The van der Waals surface area contributed by atoms with Crippen molar-refractivity contribution in [3.8, 4) is 11.5 Å². The molecule has 35 heavy (non-hydrogen) atoms. The van der Waals surface area contributed by atoms with Gasteiger partial charge in [0, 0.05) is 61.9 Å². The number of benzene rings is 2. The molecule has 4 rings (SSSR count). The van der Waals surface area contributed by atoms with Crippen LogP contribution in [0.1, 0.15) is 5.69 Å². The zero-order valence-electron chi connectivity index (χ0n) is 19.9. The first-order valence-corrected chi connectivity index (χ1v) is 11.4. The highest BCUT2D eigenvalue weighted by molar-refractivity contribution is 5.90. The van der Waals surface area contributed by atoms with Crippen molar-refractivity contribution in [1.29, 1.82) is 0 Å². The summed E-state index contributed by atoms with van der Waals surface area (Å²) < 4.78 is 25.4. The van der Waals surface area contributed by atoms with Crippen molar-refractivity contribution >= 4 is 17.3 Å². The van der Waals surface area contributed by atoms with Gasteiger partial charge in [0.15, 0.2) is 5.75 Å². The summed E-state index contributed by atoms with van der Waals surface area (Å²) in [7, 11) is 3.00. The summed E-state index contributed by atoms with van der Waals surface area (Å²) in [6.07, 6.45) is 1.58. The smallest absolute Gasteiger partial charge is 0.244 e. The molecule has 1 N–H and O–H groups in total. The molecule has 0 unspecified atom stereocenters. The summed E-state index contributed by atoms with van der Waals surface area (Å²) in [5.74, 6) is 0.351. The highest BCUT2D eigenvalue weighted by atomic mass is 19.1. The van der Waals surface area contributed by atoms with Crippen LogP contribution in [0.3, 0.4) is 0 Å². The first-order chi connectivity index (χ1) is 16.9. The number of halogens is 1. The molecule has 2 heterocycles. The normalized spacial score (nSPS) is 14.0. The maximum absolute atomic E-state index is 13.2. The molecule has 0 bridgehead atoms. The van der Waals surface area contributed by atoms with Crippen LogP contribution in [0.25, 0.3) is 0 Å². The van der Waals surface area contributed by atoms with Crippen molar-refractivity contribution in [3.05, 3.63) is 82.5 Å². The van der Waals surface area contributed by atoms with Crippen molar-refractivity contribution < 1.29 is 18.7 Å². The maximum atomic E-state index is 13.2. The Morgan fingerprint density at radius 1 is 1.00 bits per heavy atom. The fourth-order valence-corrected chi connectivity index (χ4v) is 4.13. The predicted molar refractivity (Wildman–Crippen MR) is 133 cm³/mol. The molecule has 1 aliphatic rings. The molecule has 9 heteroatoms. The molecule has 1 aromatic heterocycles. The second-order valence-electron chi connectivity index (χ2n) is 8.35. The molecule has 8 nitrogen and oxygen atoms in total. The number of ether oxygens (including phenoxy) is 2. The molecule has 1 aliphatic heterocycles. The van der Waals surface area contributed by atoms with Gasteiger partial charge < -0.3 is 24.3 Å². The van der Waals surface area contributed by atoms with E-state index in [4.69, 9.17) is 9.47 Å². The fraction of sp³-hybridized carbons (Fsp3) is 0.308. The van der Waals surface area contributed by atoms with Gasteiger partial charge in [0.05, 0.1) is 20.4 Å². The van der Waals surface area contributed by atoms with Crippen LogP contribution in [0.5, 0.6) is 11.5 Å². The number of pyridine rings is 1. The number of nitrogens with one attached hydrogen (secondary N) is 1. The molecule has 184 valence electrons. The van der Waals surface area contributed by atoms with Gasteiger partial charge in [0.2, 0.25) is 11.3 Å². The third-order valence-electron chi connectivity index (χ3n) is 6.02. The monoisotopic (exact) mass is 480 g/mol. The Hall–Kier alpha value is -3.85. The van der Waals surface area contributed by atoms with E-state index in [1.807, 2.05) is 0 Å². The van der Waals surface area contributed by atoms with E-state index >= 15 is 0 Å². The molecule has 1 saturated heterocycles. The summed E-state index contributed by atoms with van der Waals surface area (Å²) in [6.45, 7) is 3.65. The summed E-state index contributed by atoms with van der Waals surface area (Å²) in [6, 6.07) is 15.2. The maximum Gasteiger partial charge on any atom is 0.244 e. The van der Waals surface area contributed by atoms with Crippen LogP contribution in [-0.2, 0) is 17.9 Å². The molecule has 2 aromatic carbocycles. The Balaban J connectivity index is 1.44. The van der Waals surface area contributed by atoms with E-state index in [0.29, 0.717) is 18.0 Å². The van der Waals surface area contributed by atoms with Crippen LogP contribution >= 0.6 is 0 Å². The first kappa shape index (κ1) is 24.3. The highest BCUT2D eigenvalue weighted by Gasteiger charge is 2.20. The number of nitrogens with zero attached hydrogens (tertiary/aromatic N) is 3. The van der Waals surface area contributed by atoms with Crippen molar-refractivity contribution in [2.45, 2.75) is 13.1 Å². The summed E-state index contributed by atoms with van der Waals surface area (Å²) in [4.78, 5) is 29.7. The summed E-state index contributed by atoms with van der Waals surface area (Å²) >= 11 is 0. The molecule has 0 radical (unpaired) electrons. The lowest BCUT2D eigenvalue weighted by Gasteiger charge is -2.36. The number of amides is 1. The van der Waals surface area contributed by atoms with Crippen LogP contribution in [0.2, 0.25) is 0 Å². The lowest BCUT2D eigenvalue weighted by atomic mass is 10.2. The van der Waals surface area contributed by atoms with Gasteiger partial charge in [0.25, 0.3) is 0 Å². The number of hydrogen-bond donors (Lipinski definition) is 1. The van der Waals surface area contributed by atoms with Gasteiger partial charge in [-0.3, -0.25) is 14.5 Å². The third kappa shape index (κ3) is 6.19. The van der Waals surface area contributed by atoms with Crippen LogP contribution < -0.4 is 25.1 Å². The lowest BCUT2D eigenvalue weighted by Crippen LogP contribution is -2.46. The SMILES string of the molecule is COc1cccc(NC(=O)Cn2cc(OC)c(=O)cc2CN2CCN(c3ccc(F)cc3)CC2)c1. The van der Waals surface area contributed by atoms with Crippen LogP contribution in [-0.4, -0.2) is 55.8 Å². The number of piperazine rings is 1. The molecular weight excluding hydrogens is 451 g/mol.